The van der Waals surface area contributed by atoms with E-state index in [9.17, 15) is 9.18 Å². The highest BCUT2D eigenvalue weighted by atomic mass is 35.5. The molecule has 134 valence electrons. The van der Waals surface area contributed by atoms with E-state index in [2.05, 4.69) is 5.10 Å². The van der Waals surface area contributed by atoms with Gasteiger partial charge >= 0.3 is 0 Å². The summed E-state index contributed by atoms with van der Waals surface area (Å²) >= 11 is 5.71. The van der Waals surface area contributed by atoms with Crippen LogP contribution in [-0.2, 0) is 13.2 Å². The lowest BCUT2D eigenvalue weighted by molar-refractivity contribution is 0.103. The van der Waals surface area contributed by atoms with Crippen molar-refractivity contribution in [3.63, 3.8) is 0 Å². The standard InChI is InChI=1S/C19H16ClFN2O3/c1-2-23-18(9-10-22-23)19(24)8-6-13-3-4-15(26-13)12-25-14-5-7-17(21)16(20)11-14/h3-11H,2,12H2,1H3/b8-6+. The van der Waals surface area contributed by atoms with E-state index in [1.54, 1.807) is 35.2 Å². The van der Waals surface area contributed by atoms with Crippen molar-refractivity contribution in [1.82, 2.24) is 9.78 Å². The number of carbonyl (C=O) groups is 1. The molecule has 7 heteroatoms. The fraction of sp³-hybridized carbons (Fsp3) is 0.158. The Morgan fingerprint density at radius 3 is 2.96 bits per heavy atom. The third-order valence-corrected chi connectivity index (χ3v) is 3.91. The summed E-state index contributed by atoms with van der Waals surface area (Å²) in [6, 6.07) is 9.27. The van der Waals surface area contributed by atoms with Crippen molar-refractivity contribution >= 4 is 23.5 Å². The highest BCUT2D eigenvalue weighted by Crippen LogP contribution is 2.22. The number of ketones is 1. The molecule has 2 aromatic heterocycles. The molecule has 0 bridgehead atoms. The molecule has 0 radical (unpaired) electrons. The molecule has 0 aliphatic carbocycles. The van der Waals surface area contributed by atoms with E-state index in [4.69, 9.17) is 20.8 Å². The van der Waals surface area contributed by atoms with Crippen LogP contribution in [0.3, 0.4) is 0 Å². The summed E-state index contributed by atoms with van der Waals surface area (Å²) in [5.41, 5.74) is 0.520. The number of nitrogens with zero attached hydrogens (tertiary/aromatic N) is 2. The minimum Gasteiger partial charge on any atom is -0.486 e. The van der Waals surface area contributed by atoms with Gasteiger partial charge < -0.3 is 9.15 Å². The van der Waals surface area contributed by atoms with Crippen LogP contribution in [0.5, 0.6) is 5.75 Å². The largest absolute Gasteiger partial charge is 0.486 e. The topological polar surface area (TPSA) is 57.3 Å². The van der Waals surface area contributed by atoms with Crippen LogP contribution in [-0.4, -0.2) is 15.6 Å². The average Bonchev–Trinajstić information content (AvgIpc) is 3.29. The molecule has 3 rings (SSSR count). The summed E-state index contributed by atoms with van der Waals surface area (Å²) in [7, 11) is 0. The Morgan fingerprint density at radius 2 is 2.19 bits per heavy atom. The normalized spacial score (nSPS) is 11.2. The number of halogens is 2. The van der Waals surface area contributed by atoms with Crippen LogP contribution in [0.2, 0.25) is 5.02 Å². The van der Waals surface area contributed by atoms with Crippen LogP contribution < -0.4 is 4.74 Å². The van der Waals surface area contributed by atoms with Gasteiger partial charge in [-0.05, 0) is 49.4 Å². The van der Waals surface area contributed by atoms with Crippen molar-refractivity contribution in [2.24, 2.45) is 0 Å². The van der Waals surface area contributed by atoms with Gasteiger partial charge in [0, 0.05) is 18.8 Å². The molecule has 0 unspecified atom stereocenters. The monoisotopic (exact) mass is 374 g/mol. The number of hydrogen-bond donors (Lipinski definition) is 0. The molecule has 0 N–H and O–H groups in total. The molecule has 2 heterocycles. The van der Waals surface area contributed by atoms with Gasteiger partial charge in [-0.2, -0.15) is 5.10 Å². The fourth-order valence-corrected chi connectivity index (χ4v) is 2.49. The van der Waals surface area contributed by atoms with Gasteiger partial charge in [0.1, 0.15) is 35.4 Å². The molecule has 0 saturated heterocycles. The van der Waals surface area contributed by atoms with E-state index >= 15 is 0 Å². The fourth-order valence-electron chi connectivity index (χ4n) is 2.32. The molecule has 0 atom stereocenters. The second-order valence-electron chi connectivity index (χ2n) is 5.40. The zero-order valence-corrected chi connectivity index (χ0v) is 14.7. The maximum Gasteiger partial charge on any atom is 0.203 e. The number of allylic oxidation sites excluding steroid dienone is 1. The Labute approximate surface area is 154 Å². The molecule has 0 saturated carbocycles. The van der Waals surface area contributed by atoms with Gasteiger partial charge in [0.2, 0.25) is 5.78 Å². The molecule has 0 aliphatic rings. The van der Waals surface area contributed by atoms with Crippen LogP contribution in [0.25, 0.3) is 6.08 Å². The van der Waals surface area contributed by atoms with E-state index in [1.807, 2.05) is 6.92 Å². The van der Waals surface area contributed by atoms with Gasteiger partial charge in [0.25, 0.3) is 0 Å². The van der Waals surface area contributed by atoms with Gasteiger partial charge in [-0.1, -0.05) is 11.6 Å². The van der Waals surface area contributed by atoms with Crippen molar-refractivity contribution in [1.29, 1.82) is 0 Å². The molecular weight excluding hydrogens is 359 g/mol. The van der Waals surface area contributed by atoms with Crippen molar-refractivity contribution < 1.29 is 18.3 Å². The Hall–Kier alpha value is -2.86. The van der Waals surface area contributed by atoms with E-state index in [-0.39, 0.29) is 17.4 Å². The maximum atomic E-state index is 13.1. The molecule has 0 fully saturated rings. The number of aromatic nitrogens is 2. The number of benzene rings is 1. The van der Waals surface area contributed by atoms with Crippen LogP contribution in [0.4, 0.5) is 4.39 Å². The minimum atomic E-state index is -0.501. The highest BCUT2D eigenvalue weighted by Gasteiger charge is 2.08. The SMILES string of the molecule is CCn1nccc1C(=O)/C=C/c1ccc(COc2ccc(F)c(Cl)c2)o1. The molecule has 5 nitrogen and oxygen atoms in total. The Morgan fingerprint density at radius 1 is 1.35 bits per heavy atom. The number of rotatable bonds is 7. The minimum absolute atomic E-state index is 0.00426. The van der Waals surface area contributed by atoms with Gasteiger partial charge in [-0.3, -0.25) is 9.48 Å². The summed E-state index contributed by atoms with van der Waals surface area (Å²) in [5, 5.41) is 4.06. The number of ether oxygens (including phenoxy) is 1. The van der Waals surface area contributed by atoms with Crippen LogP contribution in [0.1, 0.15) is 28.9 Å². The Kier molecular flexibility index (Phi) is 5.53. The van der Waals surface area contributed by atoms with Gasteiger partial charge in [0.05, 0.1) is 5.02 Å². The molecule has 0 aliphatic heterocycles. The van der Waals surface area contributed by atoms with E-state index in [1.165, 1.54) is 24.3 Å². The predicted molar refractivity (Wildman–Crippen MR) is 95.7 cm³/mol. The lowest BCUT2D eigenvalue weighted by Gasteiger charge is -2.04. The first-order valence-corrected chi connectivity index (χ1v) is 8.35. The first-order valence-electron chi connectivity index (χ1n) is 7.97. The van der Waals surface area contributed by atoms with Crippen LogP contribution in [0.15, 0.2) is 53.1 Å². The molecule has 0 amide bonds. The first kappa shape index (κ1) is 17.9. The number of carbonyl (C=O) groups excluding carboxylic acids is 1. The van der Waals surface area contributed by atoms with Gasteiger partial charge in [-0.25, -0.2) is 4.39 Å². The highest BCUT2D eigenvalue weighted by molar-refractivity contribution is 6.30. The summed E-state index contributed by atoms with van der Waals surface area (Å²) in [6.45, 7) is 2.70. The second-order valence-corrected chi connectivity index (χ2v) is 5.81. The smallest absolute Gasteiger partial charge is 0.203 e. The van der Waals surface area contributed by atoms with Gasteiger partial charge in [-0.15, -0.1) is 0 Å². The summed E-state index contributed by atoms with van der Waals surface area (Å²) in [6.07, 6.45) is 4.62. The molecule has 3 aromatic rings. The quantitative estimate of drug-likeness (QED) is 0.442. The Balaban J connectivity index is 1.60. The third kappa shape index (κ3) is 4.21. The van der Waals surface area contributed by atoms with Crippen LogP contribution >= 0.6 is 11.6 Å². The Bertz CT molecular complexity index is 946. The first-order chi connectivity index (χ1) is 12.6. The predicted octanol–water partition coefficient (Wildman–Crippen LogP) is 4.76. The average molecular weight is 375 g/mol. The number of hydrogen-bond acceptors (Lipinski definition) is 4. The lowest BCUT2D eigenvalue weighted by Crippen LogP contribution is -2.07. The molecular formula is C19H16ClFN2O3. The summed E-state index contributed by atoms with van der Waals surface area (Å²) in [5.74, 6) is 0.874. The molecule has 26 heavy (non-hydrogen) atoms. The van der Waals surface area contributed by atoms with Crippen molar-refractivity contribution in [2.45, 2.75) is 20.1 Å². The molecule has 0 spiro atoms. The van der Waals surface area contributed by atoms with E-state index in [0.717, 1.165) is 0 Å². The summed E-state index contributed by atoms with van der Waals surface area (Å²) < 4.78 is 25.8. The van der Waals surface area contributed by atoms with Crippen molar-refractivity contribution in [2.75, 3.05) is 0 Å². The van der Waals surface area contributed by atoms with E-state index < -0.39 is 5.82 Å². The zero-order valence-electron chi connectivity index (χ0n) is 14.0. The third-order valence-electron chi connectivity index (χ3n) is 3.62. The van der Waals surface area contributed by atoms with Gasteiger partial charge in [0.15, 0.2) is 0 Å². The maximum absolute atomic E-state index is 13.1. The van der Waals surface area contributed by atoms with Crippen LogP contribution in [0, 0.1) is 5.82 Å². The van der Waals surface area contributed by atoms with Crippen molar-refractivity contribution in [3.05, 3.63) is 76.7 Å². The zero-order chi connectivity index (χ0) is 18.5. The summed E-state index contributed by atoms with van der Waals surface area (Å²) in [4.78, 5) is 12.2. The second kappa shape index (κ2) is 8.01. The molecule has 1 aromatic carbocycles. The van der Waals surface area contributed by atoms with Crippen molar-refractivity contribution in [3.8, 4) is 5.75 Å². The lowest BCUT2D eigenvalue weighted by atomic mass is 10.2. The number of aryl methyl sites for hydroxylation is 1. The van der Waals surface area contributed by atoms with E-state index in [0.29, 0.717) is 29.5 Å². The number of furan rings is 1.